The maximum absolute atomic E-state index is 11.5. The van der Waals surface area contributed by atoms with Crippen LogP contribution in [0, 0.1) is 0 Å². The molecule has 1 rings (SSSR count). The zero-order chi connectivity index (χ0) is 11.1. The van der Waals surface area contributed by atoms with Crippen molar-refractivity contribution in [3.8, 4) is 0 Å². The highest BCUT2D eigenvalue weighted by Crippen LogP contribution is 2.07. The van der Waals surface area contributed by atoms with E-state index in [1.165, 1.54) is 12.8 Å². The highest BCUT2D eigenvalue weighted by molar-refractivity contribution is 5.85. The minimum absolute atomic E-state index is 0. The van der Waals surface area contributed by atoms with Gasteiger partial charge in [-0.05, 0) is 33.2 Å². The van der Waals surface area contributed by atoms with E-state index in [-0.39, 0.29) is 18.5 Å². The first-order chi connectivity index (χ1) is 7.27. The van der Waals surface area contributed by atoms with E-state index in [0.29, 0.717) is 25.7 Å². The molecule has 1 atom stereocenters. The van der Waals surface area contributed by atoms with Crippen LogP contribution in [0.3, 0.4) is 0 Å². The zero-order valence-electron chi connectivity index (χ0n) is 10.2. The minimum atomic E-state index is -0.188. The van der Waals surface area contributed by atoms with Crippen LogP contribution in [0.2, 0.25) is 0 Å². The lowest BCUT2D eigenvalue weighted by molar-refractivity contribution is 0.0926. The molecule has 0 aromatic carbocycles. The number of amides is 1. The Labute approximate surface area is 104 Å². The van der Waals surface area contributed by atoms with Gasteiger partial charge in [0.05, 0.1) is 0 Å². The summed E-state index contributed by atoms with van der Waals surface area (Å²) in [5.41, 5.74) is 0. The van der Waals surface area contributed by atoms with Gasteiger partial charge >= 0.3 is 6.09 Å². The Hall–Kier alpha value is -0.480. The van der Waals surface area contributed by atoms with E-state index >= 15 is 0 Å². The molecule has 4 nitrogen and oxygen atoms in total. The molecule has 0 spiro atoms. The van der Waals surface area contributed by atoms with Crippen molar-refractivity contribution in [2.75, 3.05) is 26.2 Å². The Morgan fingerprint density at radius 2 is 2.06 bits per heavy atom. The van der Waals surface area contributed by atoms with Gasteiger partial charge in [0.2, 0.25) is 0 Å². The summed E-state index contributed by atoms with van der Waals surface area (Å²) in [5, 5.41) is 3.35. The van der Waals surface area contributed by atoms with Crippen molar-refractivity contribution < 1.29 is 9.53 Å². The van der Waals surface area contributed by atoms with Crippen LogP contribution < -0.4 is 5.32 Å². The van der Waals surface area contributed by atoms with Crippen LogP contribution in [0.4, 0.5) is 4.79 Å². The van der Waals surface area contributed by atoms with E-state index in [9.17, 15) is 4.79 Å². The van der Waals surface area contributed by atoms with Gasteiger partial charge in [-0.15, -0.1) is 12.4 Å². The third kappa shape index (κ3) is 5.03. The first kappa shape index (κ1) is 15.5. The van der Waals surface area contributed by atoms with Crippen LogP contribution in [-0.4, -0.2) is 43.3 Å². The van der Waals surface area contributed by atoms with Crippen LogP contribution in [-0.2, 0) is 4.74 Å². The number of nitrogens with one attached hydrogen (secondary N) is 1. The number of piperidine rings is 1. The fraction of sp³-hybridized carbons (Fsp3) is 0.909. The summed E-state index contributed by atoms with van der Waals surface area (Å²) in [6.07, 6.45) is 3.40. The van der Waals surface area contributed by atoms with Crippen LogP contribution >= 0.6 is 12.4 Å². The fourth-order valence-corrected chi connectivity index (χ4v) is 1.81. The highest BCUT2D eigenvalue weighted by Gasteiger charge is 2.16. The van der Waals surface area contributed by atoms with Crippen molar-refractivity contribution in [2.24, 2.45) is 0 Å². The molecule has 0 saturated carbocycles. The molecule has 96 valence electrons. The Bertz CT molecular complexity index is 192. The van der Waals surface area contributed by atoms with Crippen molar-refractivity contribution >= 4 is 18.5 Å². The van der Waals surface area contributed by atoms with Gasteiger partial charge in [-0.2, -0.15) is 0 Å². The molecular weight excluding hydrogens is 228 g/mol. The third-order valence-corrected chi connectivity index (χ3v) is 2.84. The number of nitrogens with zero attached hydrogens (tertiary/aromatic N) is 1. The molecule has 1 aliphatic rings. The number of carbonyl (C=O) groups is 1. The molecule has 1 aliphatic heterocycles. The standard InChI is InChI=1S/C11H22N2O2.ClH/c1-3-13(4-2)11(14)15-9-10-7-5-6-8-12-10;/h10,12H,3-9H2,1-2H3;1H. The van der Waals surface area contributed by atoms with Gasteiger partial charge in [-0.3, -0.25) is 0 Å². The largest absolute Gasteiger partial charge is 0.448 e. The van der Waals surface area contributed by atoms with Crippen LogP contribution in [0.25, 0.3) is 0 Å². The molecule has 0 bridgehead atoms. The zero-order valence-corrected chi connectivity index (χ0v) is 11.0. The van der Waals surface area contributed by atoms with E-state index in [2.05, 4.69) is 5.32 Å². The smallest absolute Gasteiger partial charge is 0.409 e. The summed E-state index contributed by atoms with van der Waals surface area (Å²) in [6, 6.07) is 0.360. The second kappa shape index (κ2) is 8.65. The molecule has 1 amide bonds. The number of ether oxygens (including phenoxy) is 1. The number of hydrogen-bond donors (Lipinski definition) is 1. The summed E-state index contributed by atoms with van der Waals surface area (Å²) in [6.45, 7) is 6.91. The summed E-state index contributed by atoms with van der Waals surface area (Å²) in [5.74, 6) is 0. The molecule has 1 fully saturated rings. The van der Waals surface area contributed by atoms with Crippen molar-refractivity contribution in [2.45, 2.75) is 39.2 Å². The first-order valence-corrected chi connectivity index (χ1v) is 5.93. The number of hydrogen-bond acceptors (Lipinski definition) is 3. The summed E-state index contributed by atoms with van der Waals surface area (Å²) in [4.78, 5) is 13.2. The van der Waals surface area contributed by atoms with Crippen molar-refractivity contribution in [3.63, 3.8) is 0 Å². The molecule has 0 aromatic rings. The van der Waals surface area contributed by atoms with Crippen molar-refractivity contribution in [1.82, 2.24) is 10.2 Å². The monoisotopic (exact) mass is 250 g/mol. The molecule has 1 heterocycles. The van der Waals surface area contributed by atoms with E-state index in [1.807, 2.05) is 13.8 Å². The number of rotatable bonds is 4. The Morgan fingerprint density at radius 1 is 1.38 bits per heavy atom. The van der Waals surface area contributed by atoms with Gasteiger partial charge in [-0.25, -0.2) is 4.79 Å². The normalized spacial score (nSPS) is 19.8. The highest BCUT2D eigenvalue weighted by atomic mass is 35.5. The lowest BCUT2D eigenvalue weighted by Crippen LogP contribution is -2.40. The second-order valence-corrected chi connectivity index (χ2v) is 3.90. The summed E-state index contributed by atoms with van der Waals surface area (Å²) < 4.78 is 5.25. The van der Waals surface area contributed by atoms with Crippen LogP contribution in [0.1, 0.15) is 33.1 Å². The second-order valence-electron chi connectivity index (χ2n) is 3.90. The van der Waals surface area contributed by atoms with Gasteiger partial charge in [-0.1, -0.05) is 6.42 Å². The van der Waals surface area contributed by atoms with Gasteiger partial charge < -0.3 is 15.0 Å². The molecule has 0 aromatic heterocycles. The van der Waals surface area contributed by atoms with Crippen molar-refractivity contribution in [3.05, 3.63) is 0 Å². The average Bonchev–Trinajstić information content (AvgIpc) is 2.29. The summed E-state index contributed by atoms with van der Waals surface area (Å²) >= 11 is 0. The molecule has 0 aliphatic carbocycles. The number of carbonyl (C=O) groups excluding carboxylic acids is 1. The van der Waals surface area contributed by atoms with Crippen LogP contribution in [0.15, 0.2) is 0 Å². The van der Waals surface area contributed by atoms with Gasteiger partial charge in [0, 0.05) is 19.1 Å². The summed E-state index contributed by atoms with van der Waals surface area (Å²) in [7, 11) is 0. The van der Waals surface area contributed by atoms with E-state index in [0.717, 1.165) is 13.0 Å². The molecule has 1 N–H and O–H groups in total. The van der Waals surface area contributed by atoms with Crippen molar-refractivity contribution in [1.29, 1.82) is 0 Å². The topological polar surface area (TPSA) is 41.6 Å². The van der Waals surface area contributed by atoms with E-state index < -0.39 is 0 Å². The van der Waals surface area contributed by atoms with Gasteiger partial charge in [0.25, 0.3) is 0 Å². The quantitative estimate of drug-likeness (QED) is 0.830. The Balaban J connectivity index is 0.00000225. The number of halogens is 1. The average molecular weight is 251 g/mol. The molecular formula is C11H23ClN2O2. The molecule has 5 heteroatoms. The lowest BCUT2D eigenvalue weighted by atomic mass is 10.1. The van der Waals surface area contributed by atoms with Gasteiger partial charge in [0.15, 0.2) is 0 Å². The maximum Gasteiger partial charge on any atom is 0.409 e. The fourth-order valence-electron chi connectivity index (χ4n) is 1.81. The van der Waals surface area contributed by atoms with Crippen LogP contribution in [0.5, 0.6) is 0 Å². The molecule has 1 unspecified atom stereocenters. The minimum Gasteiger partial charge on any atom is -0.448 e. The van der Waals surface area contributed by atoms with E-state index in [1.54, 1.807) is 4.90 Å². The Morgan fingerprint density at radius 3 is 2.56 bits per heavy atom. The SMILES string of the molecule is CCN(CC)C(=O)OCC1CCCCN1.Cl. The Kier molecular flexibility index (Phi) is 8.39. The first-order valence-electron chi connectivity index (χ1n) is 5.93. The van der Waals surface area contributed by atoms with Gasteiger partial charge in [0.1, 0.15) is 6.61 Å². The molecule has 16 heavy (non-hydrogen) atoms. The molecule has 0 radical (unpaired) electrons. The maximum atomic E-state index is 11.5. The van der Waals surface area contributed by atoms with E-state index in [4.69, 9.17) is 4.74 Å². The predicted octanol–water partition coefficient (Wildman–Crippen LogP) is 2.03. The molecule has 1 saturated heterocycles. The lowest BCUT2D eigenvalue weighted by Gasteiger charge is -2.25. The third-order valence-electron chi connectivity index (χ3n) is 2.84. The predicted molar refractivity (Wildman–Crippen MR) is 67.2 cm³/mol.